The van der Waals surface area contributed by atoms with Crippen LogP contribution in [0.1, 0.15) is 32.6 Å². The van der Waals surface area contributed by atoms with Crippen molar-refractivity contribution in [1.29, 1.82) is 0 Å². The first-order chi connectivity index (χ1) is 8.94. The van der Waals surface area contributed by atoms with Crippen LogP contribution in [-0.2, 0) is 19.1 Å². The van der Waals surface area contributed by atoms with Crippen LogP contribution < -0.4 is 5.32 Å². The van der Waals surface area contributed by atoms with Crippen molar-refractivity contribution in [2.24, 2.45) is 5.41 Å². The first kappa shape index (κ1) is 13.5. The number of barbiturate groups is 1. The molecule has 1 spiro atoms. The number of nitrogens with one attached hydrogen (secondary N) is 1. The van der Waals surface area contributed by atoms with Crippen molar-refractivity contribution in [2.45, 2.75) is 38.6 Å². The summed E-state index contributed by atoms with van der Waals surface area (Å²) in [6, 6.07) is -1.89. The molecule has 4 amide bonds. The quantitative estimate of drug-likeness (QED) is 0.570. The zero-order chi connectivity index (χ0) is 14.2. The number of nitrogens with zero attached hydrogens (tertiary/aromatic N) is 1. The van der Waals surface area contributed by atoms with Crippen LogP contribution in [-0.4, -0.2) is 41.9 Å². The molecule has 1 saturated carbocycles. The summed E-state index contributed by atoms with van der Waals surface area (Å²) < 4.78 is 4.54. The molecule has 2 aliphatic rings. The molecule has 1 atom stereocenters. The standard InChI is InChI=1S/C12H16N2O5/c1-7(8(15)19-2)14-10(17)12(5-3-4-6-12)9(16)13-11(14)18/h7H,3-6H2,1-2H3,(H,13,16,18). The molecule has 2 rings (SSSR count). The molecule has 1 unspecified atom stereocenters. The van der Waals surface area contributed by atoms with E-state index in [-0.39, 0.29) is 0 Å². The van der Waals surface area contributed by atoms with Crippen molar-refractivity contribution < 1.29 is 23.9 Å². The van der Waals surface area contributed by atoms with E-state index in [1.807, 2.05) is 0 Å². The van der Waals surface area contributed by atoms with Crippen LogP contribution in [0.25, 0.3) is 0 Å². The minimum absolute atomic E-state index is 0.412. The minimum atomic E-state index is -1.18. The van der Waals surface area contributed by atoms with Gasteiger partial charge in [0.15, 0.2) is 0 Å². The van der Waals surface area contributed by atoms with Crippen molar-refractivity contribution in [3.8, 4) is 0 Å². The highest BCUT2D eigenvalue weighted by Gasteiger charge is 2.56. The van der Waals surface area contributed by atoms with E-state index in [9.17, 15) is 19.2 Å². The van der Waals surface area contributed by atoms with Crippen LogP contribution in [0.15, 0.2) is 0 Å². The summed E-state index contributed by atoms with van der Waals surface area (Å²) >= 11 is 0. The van der Waals surface area contributed by atoms with Crippen LogP contribution in [0, 0.1) is 5.41 Å². The van der Waals surface area contributed by atoms with E-state index in [0.29, 0.717) is 12.8 Å². The van der Waals surface area contributed by atoms with Gasteiger partial charge in [-0.25, -0.2) is 14.5 Å². The third-order valence-electron chi connectivity index (χ3n) is 3.89. The van der Waals surface area contributed by atoms with Gasteiger partial charge in [-0.3, -0.25) is 14.9 Å². The molecule has 104 valence electrons. The van der Waals surface area contributed by atoms with Crippen LogP contribution in [0.4, 0.5) is 4.79 Å². The maximum atomic E-state index is 12.5. The Morgan fingerprint density at radius 1 is 1.32 bits per heavy atom. The van der Waals surface area contributed by atoms with Crippen molar-refractivity contribution in [3.63, 3.8) is 0 Å². The third kappa shape index (κ3) is 1.89. The van der Waals surface area contributed by atoms with Gasteiger partial charge >= 0.3 is 12.0 Å². The van der Waals surface area contributed by atoms with Gasteiger partial charge in [0.2, 0.25) is 11.8 Å². The number of hydrogen-bond donors (Lipinski definition) is 1. The Bertz CT molecular complexity index is 453. The molecule has 7 heteroatoms. The average molecular weight is 268 g/mol. The smallest absolute Gasteiger partial charge is 0.331 e. The SMILES string of the molecule is COC(=O)C(C)N1C(=O)NC(=O)C2(CCCC2)C1=O. The fourth-order valence-corrected chi connectivity index (χ4v) is 2.74. The molecule has 1 aliphatic heterocycles. The van der Waals surface area contributed by atoms with E-state index < -0.39 is 35.3 Å². The molecule has 1 N–H and O–H groups in total. The third-order valence-corrected chi connectivity index (χ3v) is 3.89. The molecule has 0 aromatic heterocycles. The predicted molar refractivity (Wildman–Crippen MR) is 62.8 cm³/mol. The summed E-state index contributed by atoms with van der Waals surface area (Å²) in [6.07, 6.45) is 2.34. The van der Waals surface area contributed by atoms with Gasteiger partial charge in [0, 0.05) is 0 Å². The number of carbonyl (C=O) groups excluding carboxylic acids is 4. The number of esters is 1. The van der Waals surface area contributed by atoms with Crippen LogP contribution in [0.5, 0.6) is 0 Å². The lowest BCUT2D eigenvalue weighted by Gasteiger charge is -2.38. The van der Waals surface area contributed by atoms with Gasteiger partial charge in [0.25, 0.3) is 0 Å². The highest BCUT2D eigenvalue weighted by atomic mass is 16.5. The molecular weight excluding hydrogens is 252 g/mol. The van der Waals surface area contributed by atoms with Gasteiger partial charge in [0.05, 0.1) is 7.11 Å². The molecule has 0 bridgehead atoms. The Labute approximate surface area is 110 Å². The fraction of sp³-hybridized carbons (Fsp3) is 0.667. The Kier molecular flexibility index (Phi) is 3.30. The topological polar surface area (TPSA) is 92.8 Å². The number of hydrogen-bond acceptors (Lipinski definition) is 5. The Morgan fingerprint density at radius 2 is 1.89 bits per heavy atom. The lowest BCUT2D eigenvalue weighted by atomic mass is 9.81. The number of rotatable bonds is 2. The fourth-order valence-electron chi connectivity index (χ4n) is 2.74. The molecule has 0 aromatic carbocycles. The van der Waals surface area contributed by atoms with Gasteiger partial charge in [0.1, 0.15) is 11.5 Å². The van der Waals surface area contributed by atoms with E-state index in [2.05, 4.69) is 10.1 Å². The van der Waals surface area contributed by atoms with Crippen molar-refractivity contribution in [3.05, 3.63) is 0 Å². The first-order valence-corrected chi connectivity index (χ1v) is 6.21. The normalized spacial score (nSPS) is 23.5. The highest BCUT2D eigenvalue weighted by molar-refractivity contribution is 6.20. The molecule has 0 radical (unpaired) electrons. The number of methoxy groups -OCH3 is 1. The van der Waals surface area contributed by atoms with E-state index in [1.165, 1.54) is 14.0 Å². The monoisotopic (exact) mass is 268 g/mol. The Morgan fingerprint density at radius 3 is 2.42 bits per heavy atom. The molecule has 1 saturated heterocycles. The summed E-state index contributed by atoms with van der Waals surface area (Å²) in [7, 11) is 1.18. The highest BCUT2D eigenvalue weighted by Crippen LogP contribution is 2.42. The number of ether oxygens (including phenoxy) is 1. The maximum absolute atomic E-state index is 12.5. The molecule has 1 heterocycles. The van der Waals surface area contributed by atoms with E-state index in [1.54, 1.807) is 0 Å². The molecule has 2 fully saturated rings. The van der Waals surface area contributed by atoms with Crippen LogP contribution in [0.3, 0.4) is 0 Å². The molecule has 1 aliphatic carbocycles. The lowest BCUT2D eigenvalue weighted by molar-refractivity contribution is -0.159. The van der Waals surface area contributed by atoms with E-state index in [0.717, 1.165) is 17.7 Å². The second-order valence-corrected chi connectivity index (χ2v) is 4.92. The Hall–Kier alpha value is -1.92. The van der Waals surface area contributed by atoms with Crippen molar-refractivity contribution >= 4 is 23.8 Å². The summed E-state index contributed by atoms with van der Waals surface area (Å²) in [5, 5.41) is 2.17. The van der Waals surface area contributed by atoms with Gasteiger partial charge in [-0.15, -0.1) is 0 Å². The van der Waals surface area contributed by atoms with Crippen LogP contribution in [0.2, 0.25) is 0 Å². The van der Waals surface area contributed by atoms with Crippen molar-refractivity contribution in [1.82, 2.24) is 10.2 Å². The van der Waals surface area contributed by atoms with Gasteiger partial charge in [-0.2, -0.15) is 0 Å². The summed E-state index contributed by atoms with van der Waals surface area (Å²) in [5.41, 5.74) is -1.18. The van der Waals surface area contributed by atoms with E-state index in [4.69, 9.17) is 0 Å². The average Bonchev–Trinajstić information content (AvgIpc) is 2.86. The second-order valence-electron chi connectivity index (χ2n) is 4.92. The summed E-state index contributed by atoms with van der Waals surface area (Å²) in [6.45, 7) is 1.40. The summed E-state index contributed by atoms with van der Waals surface area (Å²) in [5.74, 6) is -1.82. The number of urea groups is 1. The van der Waals surface area contributed by atoms with Gasteiger partial charge in [-0.1, -0.05) is 12.8 Å². The number of imide groups is 2. The molecule has 7 nitrogen and oxygen atoms in total. The Balaban J connectivity index is 2.34. The van der Waals surface area contributed by atoms with Gasteiger partial charge < -0.3 is 4.74 Å². The van der Waals surface area contributed by atoms with Crippen LogP contribution >= 0.6 is 0 Å². The lowest BCUT2D eigenvalue weighted by Crippen LogP contribution is -2.66. The number of amides is 4. The largest absolute Gasteiger partial charge is 0.467 e. The first-order valence-electron chi connectivity index (χ1n) is 6.21. The zero-order valence-corrected chi connectivity index (χ0v) is 10.9. The maximum Gasteiger partial charge on any atom is 0.331 e. The zero-order valence-electron chi connectivity index (χ0n) is 10.9. The van der Waals surface area contributed by atoms with Gasteiger partial charge in [-0.05, 0) is 19.8 Å². The molecular formula is C12H16N2O5. The number of carbonyl (C=O) groups is 4. The minimum Gasteiger partial charge on any atom is -0.467 e. The summed E-state index contributed by atoms with van der Waals surface area (Å²) in [4.78, 5) is 48.5. The van der Waals surface area contributed by atoms with E-state index >= 15 is 0 Å². The molecule has 0 aromatic rings. The predicted octanol–water partition coefficient (Wildman–Crippen LogP) is 0.187. The van der Waals surface area contributed by atoms with Crippen molar-refractivity contribution in [2.75, 3.05) is 7.11 Å². The molecule has 19 heavy (non-hydrogen) atoms. The second kappa shape index (κ2) is 4.64.